The minimum absolute atomic E-state index is 0.203. The zero-order valence-corrected chi connectivity index (χ0v) is 12.1. The summed E-state index contributed by atoms with van der Waals surface area (Å²) < 4.78 is 0. The van der Waals surface area contributed by atoms with Crippen molar-refractivity contribution in [3.8, 4) is 0 Å². The quantitative estimate of drug-likeness (QED) is 0.789. The number of thioether (sulfide) groups is 1. The molecule has 0 radical (unpaired) electrons. The molecule has 2 fully saturated rings. The molecule has 5 heteroatoms. The van der Waals surface area contributed by atoms with Gasteiger partial charge in [-0.1, -0.05) is 6.42 Å². The molecule has 1 amide bonds. The Morgan fingerprint density at radius 2 is 2.39 bits per heavy atom. The number of likely N-dealkylation sites (N-methyl/N-ethyl adjacent to an activating group) is 1. The van der Waals surface area contributed by atoms with Crippen molar-refractivity contribution in [2.24, 2.45) is 0 Å². The largest absolute Gasteiger partial charge is 0.354 e. The topological polar surface area (TPSA) is 44.4 Å². The van der Waals surface area contributed by atoms with Crippen LogP contribution in [0.1, 0.15) is 25.7 Å². The Labute approximate surface area is 114 Å². The molecule has 2 aliphatic rings. The van der Waals surface area contributed by atoms with E-state index in [1.165, 1.54) is 31.6 Å². The molecule has 0 saturated carbocycles. The zero-order chi connectivity index (χ0) is 12.8. The van der Waals surface area contributed by atoms with E-state index in [-0.39, 0.29) is 5.91 Å². The van der Waals surface area contributed by atoms with E-state index in [0.717, 1.165) is 18.8 Å². The van der Waals surface area contributed by atoms with Crippen molar-refractivity contribution in [3.05, 3.63) is 0 Å². The normalized spacial score (nSPS) is 30.1. The molecule has 0 bridgehead atoms. The fourth-order valence-corrected chi connectivity index (χ4v) is 3.63. The third-order valence-electron chi connectivity index (χ3n) is 3.89. The van der Waals surface area contributed by atoms with E-state index >= 15 is 0 Å². The van der Waals surface area contributed by atoms with E-state index in [9.17, 15) is 4.79 Å². The van der Waals surface area contributed by atoms with Crippen molar-refractivity contribution in [3.63, 3.8) is 0 Å². The van der Waals surface area contributed by atoms with Crippen molar-refractivity contribution >= 4 is 17.7 Å². The highest BCUT2D eigenvalue weighted by molar-refractivity contribution is 7.99. The van der Waals surface area contributed by atoms with Crippen LogP contribution in [0.2, 0.25) is 0 Å². The molecule has 2 heterocycles. The molecule has 2 N–H and O–H groups in total. The lowest BCUT2D eigenvalue weighted by atomic mass is 10.0. The fraction of sp³-hybridized carbons (Fsp3) is 0.923. The molecule has 2 atom stereocenters. The summed E-state index contributed by atoms with van der Waals surface area (Å²) in [5.41, 5.74) is 0. The standard InChI is InChI=1S/C13H25N3OS/c1-16-6-3-2-4-12(16)9-15-13(17)8-11-10-18-7-5-14-11/h11-12,14H,2-10H2,1H3,(H,15,17). The summed E-state index contributed by atoms with van der Waals surface area (Å²) in [6, 6.07) is 0.907. The zero-order valence-electron chi connectivity index (χ0n) is 11.3. The van der Waals surface area contributed by atoms with E-state index in [4.69, 9.17) is 0 Å². The molecule has 0 aromatic heterocycles. The van der Waals surface area contributed by atoms with Gasteiger partial charge in [0, 0.05) is 43.1 Å². The molecule has 0 aromatic carbocycles. The second-order valence-electron chi connectivity index (χ2n) is 5.36. The van der Waals surface area contributed by atoms with Crippen LogP contribution in [-0.4, -0.2) is 61.1 Å². The summed E-state index contributed by atoms with van der Waals surface area (Å²) in [5.74, 6) is 2.44. The Morgan fingerprint density at radius 1 is 1.50 bits per heavy atom. The van der Waals surface area contributed by atoms with Crippen molar-refractivity contribution in [2.75, 3.05) is 38.2 Å². The van der Waals surface area contributed by atoms with Crippen molar-refractivity contribution in [1.82, 2.24) is 15.5 Å². The lowest BCUT2D eigenvalue weighted by Crippen LogP contribution is -2.46. The van der Waals surface area contributed by atoms with Gasteiger partial charge < -0.3 is 15.5 Å². The van der Waals surface area contributed by atoms with Gasteiger partial charge in [0.15, 0.2) is 0 Å². The second-order valence-corrected chi connectivity index (χ2v) is 6.51. The third-order valence-corrected chi connectivity index (χ3v) is 5.02. The van der Waals surface area contributed by atoms with Gasteiger partial charge in [-0.05, 0) is 26.4 Å². The predicted molar refractivity (Wildman–Crippen MR) is 77.0 cm³/mol. The smallest absolute Gasteiger partial charge is 0.221 e. The second kappa shape index (κ2) is 7.36. The summed E-state index contributed by atoms with van der Waals surface area (Å²) in [6.07, 6.45) is 4.44. The van der Waals surface area contributed by atoms with Crippen LogP contribution in [0.25, 0.3) is 0 Å². The van der Waals surface area contributed by atoms with Crippen LogP contribution in [-0.2, 0) is 4.79 Å². The maximum Gasteiger partial charge on any atom is 0.221 e. The SMILES string of the molecule is CN1CCCCC1CNC(=O)CC1CSCCN1. The van der Waals surface area contributed by atoms with Gasteiger partial charge in [0.05, 0.1) is 0 Å². The average molecular weight is 271 g/mol. The summed E-state index contributed by atoms with van der Waals surface area (Å²) in [4.78, 5) is 14.3. The molecule has 2 aliphatic heterocycles. The van der Waals surface area contributed by atoms with Gasteiger partial charge in [-0.25, -0.2) is 0 Å². The third kappa shape index (κ3) is 4.44. The Kier molecular flexibility index (Phi) is 5.79. The lowest BCUT2D eigenvalue weighted by molar-refractivity contribution is -0.121. The van der Waals surface area contributed by atoms with Gasteiger partial charge in [0.25, 0.3) is 0 Å². The summed E-state index contributed by atoms with van der Waals surface area (Å²) in [7, 11) is 2.16. The lowest BCUT2D eigenvalue weighted by Gasteiger charge is -2.32. The van der Waals surface area contributed by atoms with Crippen molar-refractivity contribution < 1.29 is 4.79 Å². The van der Waals surface area contributed by atoms with Crippen molar-refractivity contribution in [1.29, 1.82) is 0 Å². The summed E-state index contributed by atoms with van der Waals surface area (Å²) in [6.45, 7) is 3.02. The molecule has 0 spiro atoms. The van der Waals surface area contributed by atoms with Gasteiger partial charge >= 0.3 is 0 Å². The molecule has 104 valence electrons. The van der Waals surface area contributed by atoms with Crippen LogP contribution < -0.4 is 10.6 Å². The van der Waals surface area contributed by atoms with E-state index in [0.29, 0.717) is 18.5 Å². The number of likely N-dealkylation sites (tertiary alicyclic amines) is 1. The van der Waals surface area contributed by atoms with Gasteiger partial charge in [0.1, 0.15) is 0 Å². The number of rotatable bonds is 4. The van der Waals surface area contributed by atoms with Crippen LogP contribution in [0.15, 0.2) is 0 Å². The number of nitrogens with one attached hydrogen (secondary N) is 2. The van der Waals surface area contributed by atoms with Crippen molar-refractivity contribution in [2.45, 2.75) is 37.8 Å². The van der Waals surface area contributed by atoms with Gasteiger partial charge in [-0.3, -0.25) is 4.79 Å². The number of piperidine rings is 1. The van der Waals surface area contributed by atoms with Crippen LogP contribution in [0.3, 0.4) is 0 Å². The first kappa shape index (κ1) is 14.2. The van der Waals surface area contributed by atoms with Gasteiger partial charge in [-0.15, -0.1) is 0 Å². The molecule has 0 aromatic rings. The summed E-state index contributed by atoms with van der Waals surface area (Å²) in [5, 5.41) is 6.50. The molecule has 4 nitrogen and oxygen atoms in total. The molecule has 2 saturated heterocycles. The van der Waals surface area contributed by atoms with Crippen LogP contribution >= 0.6 is 11.8 Å². The monoisotopic (exact) mass is 271 g/mol. The Bertz CT molecular complexity index is 269. The Morgan fingerprint density at radius 3 is 3.11 bits per heavy atom. The maximum absolute atomic E-state index is 11.9. The Balaban J connectivity index is 1.64. The highest BCUT2D eigenvalue weighted by Crippen LogP contribution is 2.14. The first-order valence-corrected chi connectivity index (χ1v) is 8.19. The predicted octanol–water partition coefficient (Wildman–Crippen LogP) is 0.682. The minimum atomic E-state index is 0.203. The van der Waals surface area contributed by atoms with Gasteiger partial charge in [0.2, 0.25) is 5.91 Å². The maximum atomic E-state index is 11.9. The number of hydrogen-bond donors (Lipinski definition) is 2. The van der Waals surface area contributed by atoms with E-state index in [1.807, 2.05) is 11.8 Å². The molecule has 18 heavy (non-hydrogen) atoms. The molecule has 0 aliphatic carbocycles. The van der Waals surface area contributed by atoms with E-state index < -0.39 is 0 Å². The van der Waals surface area contributed by atoms with E-state index in [2.05, 4.69) is 22.6 Å². The highest BCUT2D eigenvalue weighted by Gasteiger charge is 2.21. The summed E-state index contributed by atoms with van der Waals surface area (Å²) >= 11 is 1.94. The molecule has 2 unspecified atom stereocenters. The first-order chi connectivity index (χ1) is 8.75. The number of nitrogens with zero attached hydrogens (tertiary/aromatic N) is 1. The fourth-order valence-electron chi connectivity index (χ4n) is 2.68. The van der Waals surface area contributed by atoms with Crippen LogP contribution in [0.5, 0.6) is 0 Å². The Hall–Kier alpha value is -0.260. The minimum Gasteiger partial charge on any atom is -0.354 e. The van der Waals surface area contributed by atoms with Gasteiger partial charge in [-0.2, -0.15) is 11.8 Å². The number of carbonyl (C=O) groups excluding carboxylic acids is 1. The number of hydrogen-bond acceptors (Lipinski definition) is 4. The van der Waals surface area contributed by atoms with E-state index in [1.54, 1.807) is 0 Å². The van der Waals surface area contributed by atoms with Crippen LogP contribution in [0, 0.1) is 0 Å². The highest BCUT2D eigenvalue weighted by atomic mass is 32.2. The average Bonchev–Trinajstić information content (AvgIpc) is 2.39. The first-order valence-electron chi connectivity index (χ1n) is 7.04. The number of amides is 1. The number of carbonyl (C=O) groups is 1. The van der Waals surface area contributed by atoms with Crippen LogP contribution in [0.4, 0.5) is 0 Å². The molecule has 2 rings (SSSR count). The molecular weight excluding hydrogens is 246 g/mol. The molecular formula is C13H25N3OS.